The summed E-state index contributed by atoms with van der Waals surface area (Å²) in [6, 6.07) is 11.2. The van der Waals surface area contributed by atoms with Crippen LogP contribution in [0.15, 0.2) is 53.5 Å². The number of aliphatic imine (C=N–C) groups is 1. The van der Waals surface area contributed by atoms with Crippen LogP contribution in [0.4, 0.5) is 8.78 Å². The minimum atomic E-state index is -0.912. The van der Waals surface area contributed by atoms with Crippen LogP contribution in [0.3, 0.4) is 0 Å². The molecule has 0 atom stereocenters. The molecule has 0 fully saturated rings. The summed E-state index contributed by atoms with van der Waals surface area (Å²) in [4.78, 5) is 18.9. The molecule has 24 heavy (non-hydrogen) atoms. The van der Waals surface area contributed by atoms with Crippen molar-refractivity contribution in [1.82, 2.24) is 4.90 Å². The zero-order valence-electron chi connectivity index (χ0n) is 13.1. The third-order valence-corrected chi connectivity index (χ3v) is 4.11. The number of nitrogens with zero attached hydrogens (tertiary/aromatic N) is 2. The van der Waals surface area contributed by atoms with Crippen LogP contribution < -0.4 is 0 Å². The number of rotatable bonds is 2. The van der Waals surface area contributed by atoms with Crippen LogP contribution in [0.1, 0.15) is 29.8 Å². The van der Waals surface area contributed by atoms with Gasteiger partial charge in [-0.3, -0.25) is 14.7 Å². The predicted molar refractivity (Wildman–Crippen MR) is 92.2 cm³/mol. The summed E-state index contributed by atoms with van der Waals surface area (Å²) < 4.78 is 26.5. The molecule has 3 nitrogen and oxygen atoms in total. The summed E-state index contributed by atoms with van der Waals surface area (Å²) in [6.07, 6.45) is 0. The Morgan fingerprint density at radius 1 is 1.08 bits per heavy atom. The van der Waals surface area contributed by atoms with Crippen molar-refractivity contribution in [1.29, 1.82) is 0 Å². The van der Waals surface area contributed by atoms with E-state index in [-0.39, 0.29) is 16.4 Å². The molecule has 2 aromatic rings. The molecule has 6 heteroatoms. The lowest BCUT2D eigenvalue weighted by Gasteiger charge is -2.29. The van der Waals surface area contributed by atoms with Gasteiger partial charge in [-0.05, 0) is 56.3 Å². The average molecular weight is 344 g/mol. The summed E-state index contributed by atoms with van der Waals surface area (Å²) in [5, 5.41) is 0. The van der Waals surface area contributed by atoms with E-state index >= 15 is 0 Å². The van der Waals surface area contributed by atoms with Gasteiger partial charge < -0.3 is 0 Å². The first kappa shape index (κ1) is 16.4. The van der Waals surface area contributed by atoms with E-state index in [1.165, 1.54) is 35.2 Å². The van der Waals surface area contributed by atoms with Crippen molar-refractivity contribution in [3.8, 4) is 0 Å². The Morgan fingerprint density at radius 3 is 2.38 bits per heavy atom. The number of carbonyl (C=O) groups is 1. The lowest BCUT2D eigenvalue weighted by atomic mass is 10.1. The zero-order valence-corrected chi connectivity index (χ0v) is 13.9. The number of halogens is 2. The third-order valence-electron chi connectivity index (χ3n) is 3.73. The first-order valence-corrected chi connectivity index (χ1v) is 7.71. The van der Waals surface area contributed by atoms with Gasteiger partial charge in [0.25, 0.3) is 5.91 Å². The number of amides is 1. The Morgan fingerprint density at radius 2 is 1.75 bits per heavy atom. The normalized spacial score (nSPS) is 16.2. The first-order chi connectivity index (χ1) is 11.3. The van der Waals surface area contributed by atoms with Crippen LogP contribution in [0.25, 0.3) is 0 Å². The van der Waals surface area contributed by atoms with Crippen LogP contribution in [-0.4, -0.2) is 27.2 Å². The van der Waals surface area contributed by atoms with Gasteiger partial charge in [0.1, 0.15) is 28.0 Å². The van der Waals surface area contributed by atoms with E-state index in [1.807, 2.05) is 0 Å². The van der Waals surface area contributed by atoms with Gasteiger partial charge in [0.2, 0.25) is 0 Å². The smallest absolute Gasteiger partial charge is 0.261 e. The number of benzene rings is 2. The molecule has 0 spiro atoms. The molecule has 0 aromatic heterocycles. The molecule has 0 unspecified atom stereocenters. The van der Waals surface area contributed by atoms with Crippen molar-refractivity contribution in [2.24, 2.45) is 4.99 Å². The molecule has 2 aromatic carbocycles. The summed E-state index contributed by atoms with van der Waals surface area (Å²) in [6.45, 7) is 3.49. The van der Waals surface area contributed by atoms with E-state index in [4.69, 9.17) is 12.2 Å². The van der Waals surface area contributed by atoms with Gasteiger partial charge in [-0.1, -0.05) is 18.3 Å². The van der Waals surface area contributed by atoms with Crippen molar-refractivity contribution in [2.45, 2.75) is 19.5 Å². The predicted octanol–water partition coefficient (Wildman–Crippen LogP) is 3.97. The van der Waals surface area contributed by atoms with Crippen molar-refractivity contribution < 1.29 is 13.6 Å². The molecule has 1 heterocycles. The quantitative estimate of drug-likeness (QED) is 0.772. The van der Waals surface area contributed by atoms with E-state index in [0.29, 0.717) is 11.3 Å². The molecular formula is C18H14F2N2OS. The summed E-state index contributed by atoms with van der Waals surface area (Å²) in [7, 11) is 0. The van der Waals surface area contributed by atoms with Gasteiger partial charge in [0.15, 0.2) is 0 Å². The lowest BCUT2D eigenvalue weighted by molar-refractivity contribution is 0.0758. The molecule has 0 aliphatic carbocycles. The van der Waals surface area contributed by atoms with Crippen LogP contribution in [0.2, 0.25) is 0 Å². The Hall–Kier alpha value is -2.47. The fourth-order valence-electron chi connectivity index (χ4n) is 2.61. The van der Waals surface area contributed by atoms with Gasteiger partial charge in [-0.2, -0.15) is 0 Å². The van der Waals surface area contributed by atoms with E-state index in [9.17, 15) is 13.6 Å². The molecule has 3 rings (SSSR count). The summed E-state index contributed by atoms with van der Waals surface area (Å²) in [5.74, 6) is -1.29. The van der Waals surface area contributed by atoms with Crippen molar-refractivity contribution in [3.63, 3.8) is 0 Å². The SMILES string of the molecule is CC1(C)N=C(c2ccc(F)cc2)C(=S)N1C(=O)c1cccc(F)c1. The zero-order chi connectivity index (χ0) is 17.5. The lowest BCUT2D eigenvalue weighted by Crippen LogP contribution is -2.46. The van der Waals surface area contributed by atoms with Crippen LogP contribution >= 0.6 is 12.2 Å². The van der Waals surface area contributed by atoms with E-state index < -0.39 is 17.4 Å². The molecule has 1 aliphatic rings. The molecule has 0 N–H and O–H groups in total. The second-order valence-corrected chi connectivity index (χ2v) is 6.30. The molecule has 1 amide bonds. The summed E-state index contributed by atoms with van der Waals surface area (Å²) >= 11 is 5.42. The highest BCUT2D eigenvalue weighted by atomic mass is 32.1. The van der Waals surface area contributed by atoms with E-state index in [1.54, 1.807) is 26.0 Å². The van der Waals surface area contributed by atoms with Crippen LogP contribution in [0.5, 0.6) is 0 Å². The van der Waals surface area contributed by atoms with Gasteiger partial charge >= 0.3 is 0 Å². The number of thiocarbonyl (C=S) groups is 1. The Bertz CT molecular complexity index is 860. The molecular weight excluding hydrogens is 330 g/mol. The Balaban J connectivity index is 1.98. The number of carbonyl (C=O) groups excluding carboxylic acids is 1. The van der Waals surface area contributed by atoms with Gasteiger partial charge in [-0.15, -0.1) is 0 Å². The standard InChI is InChI=1S/C18H14F2N2OS/c1-18(2)21-15(11-6-8-13(19)9-7-11)17(24)22(18)16(23)12-4-3-5-14(20)10-12/h3-10H,1-2H3. The maximum Gasteiger partial charge on any atom is 0.261 e. The highest BCUT2D eigenvalue weighted by molar-refractivity contribution is 7.82. The molecule has 1 aliphatic heterocycles. The minimum Gasteiger partial charge on any atom is -0.272 e. The Kier molecular flexibility index (Phi) is 4.01. The van der Waals surface area contributed by atoms with E-state index in [2.05, 4.69) is 4.99 Å². The van der Waals surface area contributed by atoms with Crippen molar-refractivity contribution in [3.05, 3.63) is 71.3 Å². The second-order valence-electron chi connectivity index (χ2n) is 5.92. The summed E-state index contributed by atoms with van der Waals surface area (Å²) in [5.41, 5.74) is 0.356. The van der Waals surface area contributed by atoms with Crippen molar-refractivity contribution in [2.75, 3.05) is 0 Å². The number of hydrogen-bond donors (Lipinski definition) is 0. The maximum absolute atomic E-state index is 13.4. The molecule has 0 bridgehead atoms. The molecule has 0 radical (unpaired) electrons. The maximum atomic E-state index is 13.4. The van der Waals surface area contributed by atoms with Crippen molar-refractivity contribution >= 4 is 28.8 Å². The fourth-order valence-corrected chi connectivity index (χ4v) is 3.08. The number of hydrogen-bond acceptors (Lipinski definition) is 3. The highest BCUT2D eigenvalue weighted by Crippen LogP contribution is 2.29. The fraction of sp³-hybridized carbons (Fsp3) is 0.167. The third kappa shape index (κ3) is 2.85. The topological polar surface area (TPSA) is 32.7 Å². The monoisotopic (exact) mass is 344 g/mol. The second kappa shape index (κ2) is 5.87. The molecule has 0 saturated heterocycles. The van der Waals surface area contributed by atoms with Gasteiger partial charge in [-0.25, -0.2) is 8.78 Å². The Labute approximate surface area is 143 Å². The minimum absolute atomic E-state index is 0.195. The largest absolute Gasteiger partial charge is 0.272 e. The van der Waals surface area contributed by atoms with Gasteiger partial charge in [0.05, 0.1) is 0 Å². The van der Waals surface area contributed by atoms with Crippen LogP contribution in [-0.2, 0) is 0 Å². The average Bonchev–Trinajstić information content (AvgIpc) is 2.77. The van der Waals surface area contributed by atoms with E-state index in [0.717, 1.165) is 6.07 Å². The van der Waals surface area contributed by atoms with Crippen LogP contribution in [0, 0.1) is 11.6 Å². The van der Waals surface area contributed by atoms with Gasteiger partial charge in [0, 0.05) is 11.1 Å². The molecule has 0 saturated carbocycles. The highest BCUT2D eigenvalue weighted by Gasteiger charge is 2.42. The molecule has 122 valence electrons. The first-order valence-electron chi connectivity index (χ1n) is 7.30.